The highest BCUT2D eigenvalue weighted by molar-refractivity contribution is 9.10. The molecule has 1 aromatic heterocycles. The molecule has 5 heteroatoms. The Balaban J connectivity index is 1.92. The summed E-state index contributed by atoms with van der Waals surface area (Å²) in [5, 5.41) is 3.31. The van der Waals surface area contributed by atoms with Gasteiger partial charge >= 0.3 is 0 Å². The van der Waals surface area contributed by atoms with Gasteiger partial charge in [0.05, 0.1) is 12.0 Å². The van der Waals surface area contributed by atoms with E-state index in [1.807, 2.05) is 12.5 Å². The molecule has 2 rings (SSSR count). The average Bonchev–Trinajstić information content (AvgIpc) is 2.82. The molecule has 0 aliphatic heterocycles. The molecule has 19 heavy (non-hydrogen) atoms. The monoisotopic (exact) mass is 325 g/mol. The van der Waals surface area contributed by atoms with E-state index in [9.17, 15) is 4.39 Å². The summed E-state index contributed by atoms with van der Waals surface area (Å²) < 4.78 is 16.2. The van der Waals surface area contributed by atoms with Crippen molar-refractivity contribution in [2.24, 2.45) is 0 Å². The second-order valence-electron chi connectivity index (χ2n) is 4.42. The van der Waals surface area contributed by atoms with Crippen LogP contribution in [0.15, 0.2) is 35.2 Å². The van der Waals surface area contributed by atoms with Gasteiger partial charge in [0.2, 0.25) is 0 Å². The fraction of sp³-hybridized carbons (Fsp3) is 0.357. The van der Waals surface area contributed by atoms with Crippen LogP contribution in [0.4, 0.5) is 4.39 Å². The molecule has 1 N–H and O–H groups in total. The van der Waals surface area contributed by atoms with E-state index in [4.69, 9.17) is 0 Å². The molecule has 102 valence electrons. The first-order chi connectivity index (χ1) is 9.20. The Bertz CT molecular complexity index is 539. The molecule has 1 heterocycles. The van der Waals surface area contributed by atoms with Crippen LogP contribution in [-0.4, -0.2) is 9.55 Å². The van der Waals surface area contributed by atoms with Gasteiger partial charge in [0.25, 0.3) is 0 Å². The molecule has 0 aliphatic carbocycles. The first kappa shape index (κ1) is 14.2. The number of halogens is 2. The van der Waals surface area contributed by atoms with Crippen LogP contribution in [0.5, 0.6) is 0 Å². The molecule has 0 saturated heterocycles. The highest BCUT2D eigenvalue weighted by atomic mass is 79.9. The Morgan fingerprint density at radius 2 is 2.21 bits per heavy atom. The summed E-state index contributed by atoms with van der Waals surface area (Å²) in [5.74, 6) is -0.212. The third kappa shape index (κ3) is 3.88. The topological polar surface area (TPSA) is 29.9 Å². The summed E-state index contributed by atoms with van der Waals surface area (Å²) in [6.07, 6.45) is 4.79. The van der Waals surface area contributed by atoms with E-state index < -0.39 is 0 Å². The van der Waals surface area contributed by atoms with Crippen molar-refractivity contribution < 1.29 is 4.39 Å². The Hall–Kier alpha value is -1.20. The fourth-order valence-electron chi connectivity index (χ4n) is 1.94. The normalized spacial score (nSPS) is 10.9. The number of hydrogen-bond donors (Lipinski definition) is 1. The molecular weight excluding hydrogens is 309 g/mol. The fourth-order valence-corrected chi connectivity index (χ4v) is 2.33. The van der Waals surface area contributed by atoms with E-state index in [1.54, 1.807) is 12.1 Å². The van der Waals surface area contributed by atoms with Crippen LogP contribution >= 0.6 is 15.9 Å². The van der Waals surface area contributed by atoms with E-state index in [0.717, 1.165) is 35.2 Å². The smallest absolute Gasteiger partial charge is 0.123 e. The lowest BCUT2D eigenvalue weighted by Gasteiger charge is -2.09. The van der Waals surface area contributed by atoms with Gasteiger partial charge in [-0.3, -0.25) is 0 Å². The van der Waals surface area contributed by atoms with Crippen molar-refractivity contribution in [3.8, 4) is 0 Å². The highest BCUT2D eigenvalue weighted by Crippen LogP contribution is 2.17. The zero-order valence-corrected chi connectivity index (χ0v) is 12.5. The zero-order valence-electron chi connectivity index (χ0n) is 10.9. The van der Waals surface area contributed by atoms with E-state index in [2.05, 4.69) is 37.7 Å². The van der Waals surface area contributed by atoms with Gasteiger partial charge in [0.15, 0.2) is 0 Å². The molecule has 0 unspecified atom stereocenters. The first-order valence-corrected chi connectivity index (χ1v) is 7.13. The number of imidazole rings is 1. The van der Waals surface area contributed by atoms with Gasteiger partial charge in [-0.2, -0.15) is 0 Å². The minimum absolute atomic E-state index is 0.212. The maximum atomic E-state index is 13.1. The first-order valence-electron chi connectivity index (χ1n) is 6.34. The van der Waals surface area contributed by atoms with Crippen LogP contribution in [0.1, 0.15) is 24.6 Å². The number of benzene rings is 1. The molecule has 0 fully saturated rings. The largest absolute Gasteiger partial charge is 0.333 e. The van der Waals surface area contributed by atoms with Crippen molar-refractivity contribution in [1.82, 2.24) is 14.9 Å². The predicted molar refractivity (Wildman–Crippen MR) is 77.2 cm³/mol. The molecule has 0 spiro atoms. The number of rotatable bonds is 6. The molecule has 0 amide bonds. The molecule has 2 aromatic rings. The molecule has 0 radical (unpaired) electrons. The standard InChI is InChI=1S/C14H17BrFN3/c1-2-5-19-10-18-9-13(19)8-17-7-11-6-12(16)3-4-14(11)15/h3-4,6,9-10,17H,2,5,7-8H2,1H3. The lowest BCUT2D eigenvalue weighted by Crippen LogP contribution is -2.16. The van der Waals surface area contributed by atoms with Crippen LogP contribution in [-0.2, 0) is 19.6 Å². The third-order valence-electron chi connectivity index (χ3n) is 2.89. The molecule has 0 aliphatic rings. The molecule has 0 atom stereocenters. The zero-order chi connectivity index (χ0) is 13.7. The molecule has 3 nitrogen and oxygen atoms in total. The number of nitrogens with one attached hydrogen (secondary N) is 1. The van der Waals surface area contributed by atoms with Crippen molar-refractivity contribution in [2.75, 3.05) is 0 Å². The third-order valence-corrected chi connectivity index (χ3v) is 3.67. The maximum absolute atomic E-state index is 13.1. The van der Waals surface area contributed by atoms with Crippen LogP contribution in [0.25, 0.3) is 0 Å². The molecule has 0 bridgehead atoms. The van der Waals surface area contributed by atoms with E-state index in [0.29, 0.717) is 6.54 Å². The minimum Gasteiger partial charge on any atom is -0.333 e. The Kier molecular flexibility index (Phi) is 5.10. The van der Waals surface area contributed by atoms with Crippen molar-refractivity contribution in [3.05, 3.63) is 52.3 Å². The maximum Gasteiger partial charge on any atom is 0.123 e. The van der Waals surface area contributed by atoms with Gasteiger partial charge < -0.3 is 9.88 Å². The van der Waals surface area contributed by atoms with Crippen LogP contribution in [0.2, 0.25) is 0 Å². The van der Waals surface area contributed by atoms with Crippen molar-refractivity contribution in [1.29, 1.82) is 0 Å². The highest BCUT2D eigenvalue weighted by Gasteiger charge is 2.04. The SMILES string of the molecule is CCCn1cncc1CNCc1cc(F)ccc1Br. The van der Waals surface area contributed by atoms with Gasteiger partial charge in [0, 0.05) is 30.3 Å². The second kappa shape index (κ2) is 6.82. The van der Waals surface area contributed by atoms with Gasteiger partial charge in [-0.25, -0.2) is 9.37 Å². The van der Waals surface area contributed by atoms with Crippen molar-refractivity contribution in [3.63, 3.8) is 0 Å². The van der Waals surface area contributed by atoms with Crippen LogP contribution in [0.3, 0.4) is 0 Å². The van der Waals surface area contributed by atoms with Gasteiger partial charge in [-0.15, -0.1) is 0 Å². The van der Waals surface area contributed by atoms with Crippen LogP contribution in [0, 0.1) is 5.82 Å². The average molecular weight is 326 g/mol. The van der Waals surface area contributed by atoms with Gasteiger partial charge in [0.1, 0.15) is 5.82 Å². The summed E-state index contributed by atoms with van der Waals surface area (Å²) in [7, 11) is 0. The van der Waals surface area contributed by atoms with E-state index in [-0.39, 0.29) is 5.82 Å². The summed E-state index contributed by atoms with van der Waals surface area (Å²) in [5.41, 5.74) is 2.07. The molecule has 1 aromatic carbocycles. The summed E-state index contributed by atoms with van der Waals surface area (Å²) in [6, 6.07) is 4.72. The van der Waals surface area contributed by atoms with E-state index in [1.165, 1.54) is 6.07 Å². The second-order valence-corrected chi connectivity index (χ2v) is 5.27. The summed E-state index contributed by atoms with van der Waals surface area (Å²) in [4.78, 5) is 4.15. The quantitative estimate of drug-likeness (QED) is 0.881. The number of aryl methyl sites for hydroxylation is 1. The Morgan fingerprint density at radius 1 is 1.37 bits per heavy atom. The lowest BCUT2D eigenvalue weighted by molar-refractivity contribution is 0.595. The number of aromatic nitrogens is 2. The number of hydrogen-bond acceptors (Lipinski definition) is 2. The van der Waals surface area contributed by atoms with Gasteiger partial charge in [-0.05, 0) is 30.2 Å². The summed E-state index contributed by atoms with van der Waals surface area (Å²) >= 11 is 3.42. The van der Waals surface area contributed by atoms with E-state index >= 15 is 0 Å². The van der Waals surface area contributed by atoms with Crippen LogP contribution < -0.4 is 5.32 Å². The Labute approximate surface area is 121 Å². The number of nitrogens with zero attached hydrogens (tertiary/aromatic N) is 2. The van der Waals surface area contributed by atoms with Crippen molar-refractivity contribution >= 4 is 15.9 Å². The predicted octanol–water partition coefficient (Wildman–Crippen LogP) is 3.48. The van der Waals surface area contributed by atoms with Gasteiger partial charge in [-0.1, -0.05) is 22.9 Å². The Morgan fingerprint density at radius 3 is 3.00 bits per heavy atom. The lowest BCUT2D eigenvalue weighted by atomic mass is 10.2. The minimum atomic E-state index is -0.212. The van der Waals surface area contributed by atoms with Crippen molar-refractivity contribution in [2.45, 2.75) is 33.0 Å². The summed E-state index contributed by atoms with van der Waals surface area (Å²) in [6.45, 7) is 4.46. The molecular formula is C14H17BrFN3. The molecule has 0 saturated carbocycles.